The average Bonchev–Trinajstić information content (AvgIpc) is 2.24. The van der Waals surface area contributed by atoms with Gasteiger partial charge in [-0.15, -0.1) is 11.8 Å². The highest BCUT2D eigenvalue weighted by Gasteiger charge is 2.25. The predicted octanol–water partition coefficient (Wildman–Crippen LogP) is -0.371. The van der Waals surface area contributed by atoms with E-state index >= 15 is 0 Å². The van der Waals surface area contributed by atoms with Gasteiger partial charge in [-0.3, -0.25) is 0 Å². The third-order valence-electron chi connectivity index (χ3n) is 0.973. The number of thioether (sulfide) groups is 1. The van der Waals surface area contributed by atoms with Gasteiger partial charge in [0.05, 0.1) is 5.94 Å². The highest BCUT2D eigenvalue weighted by atomic mass is 32.2. The lowest BCUT2D eigenvalue weighted by Crippen LogP contribution is -2.34. The van der Waals surface area contributed by atoms with E-state index in [-0.39, 0.29) is 6.04 Å². The van der Waals surface area contributed by atoms with Gasteiger partial charge < -0.3 is 19.1 Å². The summed E-state index contributed by atoms with van der Waals surface area (Å²) in [5.41, 5.74) is 0. The van der Waals surface area contributed by atoms with Crippen molar-refractivity contribution in [3.8, 4) is 0 Å². The average molecular weight is 204 g/mol. The predicted molar refractivity (Wildman–Crippen MR) is 46.2 cm³/mol. The monoisotopic (exact) mass is 204 g/mol. The molecule has 0 rings (SSSR count). The van der Waals surface area contributed by atoms with Crippen LogP contribution < -0.4 is 0 Å². The van der Waals surface area contributed by atoms with E-state index in [1.54, 1.807) is 11.8 Å². The number of hydrogen-bond donors (Lipinski definition) is 3. The molecule has 0 amide bonds. The molecule has 0 aliphatic rings. The largest absolute Gasteiger partial charge is 0.492 e. The minimum atomic E-state index is -3.36. The van der Waals surface area contributed by atoms with Crippen LogP contribution in [0.2, 0.25) is 6.04 Å². The molecule has 0 atom stereocenters. The first-order valence-corrected chi connectivity index (χ1v) is 6.57. The Morgan fingerprint density at radius 3 is 2.82 bits per heavy atom. The van der Waals surface area contributed by atoms with Crippen LogP contribution in [-0.2, 0) is 4.74 Å². The molecule has 0 aliphatic heterocycles. The Morgan fingerprint density at radius 1 is 1.55 bits per heavy atom. The van der Waals surface area contributed by atoms with E-state index in [0.29, 0.717) is 19.0 Å². The third kappa shape index (κ3) is 10.4. The van der Waals surface area contributed by atoms with Crippen molar-refractivity contribution in [2.24, 2.45) is 0 Å². The van der Waals surface area contributed by atoms with Crippen molar-refractivity contribution < 1.29 is 19.1 Å². The smallest absolute Gasteiger partial charge is 0.390 e. The molecule has 68 valence electrons. The number of ether oxygens (including phenoxy) is 1. The second-order valence-electron chi connectivity index (χ2n) is 2.10. The first-order valence-electron chi connectivity index (χ1n) is 4.46. The second kappa shape index (κ2) is 5.98. The molecule has 0 saturated heterocycles. The van der Waals surface area contributed by atoms with Crippen molar-refractivity contribution in [2.45, 2.75) is 12.5 Å². The Balaban J connectivity index is 3.61. The molecule has 0 spiro atoms. The SMILES string of the molecule is [3H]O[Si](CCCOCSC)(O[3H])O[3H]. The molecule has 0 aromatic carbocycles. The molecule has 6 heteroatoms. The molecular weight excluding hydrogens is 184 g/mol. The van der Waals surface area contributed by atoms with Gasteiger partial charge in [0, 0.05) is 12.7 Å². The van der Waals surface area contributed by atoms with Gasteiger partial charge in [-0.1, -0.05) is 0 Å². The van der Waals surface area contributed by atoms with Gasteiger partial charge in [0.1, 0.15) is 0 Å². The molecule has 0 saturated carbocycles. The van der Waals surface area contributed by atoms with E-state index in [4.69, 9.17) is 9.03 Å². The van der Waals surface area contributed by atoms with Crippen molar-refractivity contribution in [2.75, 3.05) is 18.8 Å². The zero-order valence-electron chi connectivity index (χ0n) is 9.37. The van der Waals surface area contributed by atoms with Crippen LogP contribution in [-0.4, -0.2) is 46.3 Å². The Morgan fingerprint density at radius 2 is 2.27 bits per heavy atom. The van der Waals surface area contributed by atoms with Crippen LogP contribution in [0, 0.1) is 0 Å². The van der Waals surface area contributed by atoms with Crippen LogP contribution in [0.1, 0.15) is 6.42 Å². The summed E-state index contributed by atoms with van der Waals surface area (Å²) in [5.74, 6) is 0.597. The quantitative estimate of drug-likeness (QED) is 0.272. The topological polar surface area (TPSA) is 69.9 Å². The fourth-order valence-corrected chi connectivity index (χ4v) is 1.39. The molecule has 4 nitrogen and oxygen atoms in total. The van der Waals surface area contributed by atoms with Crippen molar-refractivity contribution in [3.05, 3.63) is 0 Å². The van der Waals surface area contributed by atoms with Crippen molar-refractivity contribution in [3.63, 3.8) is 0 Å². The maximum Gasteiger partial charge on any atom is 0.492 e. The van der Waals surface area contributed by atoms with Gasteiger partial charge in [-0.2, -0.15) is 0 Å². The van der Waals surface area contributed by atoms with Crippen molar-refractivity contribution >= 4 is 20.6 Å². The van der Waals surface area contributed by atoms with Gasteiger partial charge in [-0.05, 0) is 12.7 Å². The van der Waals surface area contributed by atoms with Gasteiger partial charge in [0.25, 0.3) is 0 Å². The number of hydrogen-bond acceptors (Lipinski definition) is 5. The summed E-state index contributed by atoms with van der Waals surface area (Å²) in [6, 6.07) is 0.234. The maximum absolute atomic E-state index is 6.65. The lowest BCUT2D eigenvalue weighted by Gasteiger charge is -2.08. The van der Waals surface area contributed by atoms with Crippen LogP contribution in [0.25, 0.3) is 0 Å². The Labute approximate surface area is 76.0 Å². The molecule has 0 fully saturated rings. The summed E-state index contributed by atoms with van der Waals surface area (Å²) in [4.78, 5) is 12.5. The molecule has 0 aromatic rings. The van der Waals surface area contributed by atoms with E-state index in [9.17, 15) is 0 Å². The lowest BCUT2D eigenvalue weighted by atomic mass is 10.5. The maximum atomic E-state index is 6.65. The van der Waals surface area contributed by atoms with Gasteiger partial charge in [0.15, 0.2) is 4.29 Å². The molecule has 3 N–H and O–H groups in total. The summed E-state index contributed by atoms with van der Waals surface area (Å²) in [5, 5.41) is 0. The van der Waals surface area contributed by atoms with Crippen LogP contribution in [0.3, 0.4) is 0 Å². The van der Waals surface area contributed by atoms with Gasteiger partial charge >= 0.3 is 8.80 Å². The molecule has 0 radical (unpaired) electrons. The molecule has 0 bridgehead atoms. The Kier molecular flexibility index (Phi) is 3.74. The fourth-order valence-electron chi connectivity index (χ4n) is 0.533. The molecular formula is C5H14O4SSi. The first-order chi connectivity index (χ1) is 6.74. The zero-order chi connectivity index (χ0) is 10.9. The molecule has 11 heavy (non-hydrogen) atoms. The summed E-state index contributed by atoms with van der Waals surface area (Å²) in [6.07, 6.45) is 2.47. The van der Waals surface area contributed by atoms with Crippen LogP contribution >= 0.6 is 11.8 Å². The van der Waals surface area contributed by atoms with Gasteiger partial charge in [-0.25, -0.2) is 0 Å². The first kappa shape index (κ1) is 6.87. The summed E-state index contributed by atoms with van der Waals surface area (Å²) in [6.45, 7) is 0.478. The Hall–Kier alpha value is 0.407. The summed E-state index contributed by atoms with van der Waals surface area (Å²) in [7, 11) is -3.36. The van der Waals surface area contributed by atoms with Crippen molar-refractivity contribution in [1.29, 1.82) is 4.29 Å². The molecule has 0 aromatic heterocycles. The van der Waals surface area contributed by atoms with E-state index in [0.717, 1.165) is 0 Å². The molecule has 0 heterocycles. The Bertz CT molecular complexity index is 132. The van der Waals surface area contributed by atoms with E-state index < -0.39 is 8.80 Å². The van der Waals surface area contributed by atoms with E-state index in [2.05, 4.69) is 14.4 Å². The van der Waals surface area contributed by atoms with E-state index in [1.165, 1.54) is 0 Å². The van der Waals surface area contributed by atoms with Crippen LogP contribution in [0.4, 0.5) is 0 Å². The highest BCUT2D eigenvalue weighted by Crippen LogP contribution is 2.02. The molecule has 0 aliphatic carbocycles. The normalized spacial score (nSPS) is 15.5. The van der Waals surface area contributed by atoms with Crippen molar-refractivity contribution in [1.82, 2.24) is 0 Å². The summed E-state index contributed by atoms with van der Waals surface area (Å²) >= 11 is 1.56. The summed E-state index contributed by atoms with van der Waals surface area (Å²) < 4.78 is 25.1. The standard InChI is InChI=1S/C5H14O4SSi/c1-10-5-9-3-2-4-11(6,7)8/h6-8H,2-5H2,1H3/i6T,7T,8T. The van der Waals surface area contributed by atoms with E-state index in [1.807, 2.05) is 6.26 Å². The lowest BCUT2D eigenvalue weighted by molar-refractivity contribution is 0.172. The second-order valence-corrected chi connectivity index (χ2v) is 4.78. The third-order valence-corrected chi connectivity index (χ3v) is 2.34. The fraction of sp³-hybridized carbons (Fsp3) is 1.00. The zero-order valence-corrected chi connectivity index (χ0v) is 8.19. The van der Waals surface area contributed by atoms with Gasteiger partial charge in [0.2, 0.25) is 0 Å². The minimum absolute atomic E-state index is 0.234. The molecule has 0 unspecified atom stereocenters. The minimum Gasteiger partial charge on any atom is -0.390 e. The highest BCUT2D eigenvalue weighted by molar-refractivity contribution is 7.98. The van der Waals surface area contributed by atoms with Crippen LogP contribution in [0.5, 0.6) is 0 Å². The van der Waals surface area contributed by atoms with Crippen LogP contribution in [0.15, 0.2) is 0 Å². The number of rotatable bonds is 9.